The molecular formula is C23H16O5. The van der Waals surface area contributed by atoms with Gasteiger partial charge in [0.1, 0.15) is 17.2 Å². The van der Waals surface area contributed by atoms with Gasteiger partial charge in [-0.1, -0.05) is 30.3 Å². The molecule has 4 rings (SSSR count). The third kappa shape index (κ3) is 3.50. The van der Waals surface area contributed by atoms with E-state index in [-0.39, 0.29) is 11.5 Å². The molecule has 0 saturated heterocycles. The van der Waals surface area contributed by atoms with Gasteiger partial charge in [0.15, 0.2) is 5.76 Å². The molecule has 0 aromatic heterocycles. The lowest BCUT2D eigenvalue weighted by molar-refractivity contribution is 0.0734. The van der Waals surface area contributed by atoms with Crippen molar-refractivity contribution in [3.05, 3.63) is 95.2 Å². The van der Waals surface area contributed by atoms with Crippen molar-refractivity contribution in [1.82, 2.24) is 0 Å². The van der Waals surface area contributed by atoms with E-state index in [1.807, 2.05) is 24.3 Å². The highest BCUT2D eigenvalue weighted by Gasteiger charge is 2.28. The third-order valence-corrected chi connectivity index (χ3v) is 4.25. The Bertz CT molecular complexity index is 1080. The van der Waals surface area contributed by atoms with Crippen LogP contribution in [0.2, 0.25) is 0 Å². The molecule has 3 aromatic rings. The summed E-state index contributed by atoms with van der Waals surface area (Å²) >= 11 is 0. The van der Waals surface area contributed by atoms with Gasteiger partial charge < -0.3 is 14.2 Å². The van der Waals surface area contributed by atoms with E-state index in [1.165, 1.54) is 0 Å². The number of benzene rings is 3. The van der Waals surface area contributed by atoms with Gasteiger partial charge in [0.25, 0.3) is 0 Å². The molecule has 3 aromatic carbocycles. The fourth-order valence-electron chi connectivity index (χ4n) is 2.85. The molecule has 0 bridgehead atoms. The van der Waals surface area contributed by atoms with Crippen LogP contribution in [0.5, 0.6) is 17.2 Å². The van der Waals surface area contributed by atoms with E-state index in [1.54, 1.807) is 61.7 Å². The molecule has 28 heavy (non-hydrogen) atoms. The molecular weight excluding hydrogens is 356 g/mol. The lowest BCUT2D eigenvalue weighted by atomic mass is 10.1. The Morgan fingerprint density at radius 1 is 0.929 bits per heavy atom. The zero-order valence-corrected chi connectivity index (χ0v) is 15.0. The first-order chi connectivity index (χ1) is 13.6. The number of fused-ring (bicyclic) bond motifs is 1. The second kappa shape index (κ2) is 7.40. The number of hydrogen-bond acceptors (Lipinski definition) is 5. The molecule has 0 N–H and O–H groups in total. The minimum absolute atomic E-state index is 0.204. The van der Waals surface area contributed by atoms with Crippen LogP contribution < -0.4 is 14.2 Å². The quantitative estimate of drug-likeness (QED) is 0.382. The lowest BCUT2D eigenvalue weighted by Crippen LogP contribution is -2.08. The molecule has 0 fully saturated rings. The van der Waals surface area contributed by atoms with Gasteiger partial charge >= 0.3 is 5.97 Å². The average Bonchev–Trinajstić information content (AvgIpc) is 3.03. The van der Waals surface area contributed by atoms with E-state index < -0.39 is 5.97 Å². The molecule has 1 aliphatic heterocycles. The minimum atomic E-state index is -0.475. The van der Waals surface area contributed by atoms with Crippen molar-refractivity contribution in [2.75, 3.05) is 7.11 Å². The number of ketones is 1. The SMILES string of the molecule is COc1cccc(C=C2Oc3cc(OC(=O)c4ccccc4)ccc3C2=O)c1. The molecule has 1 aliphatic rings. The van der Waals surface area contributed by atoms with E-state index >= 15 is 0 Å². The topological polar surface area (TPSA) is 61.8 Å². The number of allylic oxidation sites excluding steroid dienone is 1. The summed E-state index contributed by atoms with van der Waals surface area (Å²) in [5, 5.41) is 0. The van der Waals surface area contributed by atoms with Crippen LogP contribution >= 0.6 is 0 Å². The van der Waals surface area contributed by atoms with Crippen LogP contribution in [0.4, 0.5) is 0 Å². The molecule has 0 spiro atoms. The van der Waals surface area contributed by atoms with Crippen LogP contribution in [-0.2, 0) is 0 Å². The number of methoxy groups -OCH3 is 1. The van der Waals surface area contributed by atoms with Crippen molar-refractivity contribution in [2.24, 2.45) is 0 Å². The molecule has 0 unspecified atom stereocenters. The van der Waals surface area contributed by atoms with Gasteiger partial charge in [0.2, 0.25) is 5.78 Å². The molecule has 0 radical (unpaired) electrons. The minimum Gasteiger partial charge on any atom is -0.497 e. The Balaban J connectivity index is 1.56. The maximum atomic E-state index is 12.6. The number of carbonyl (C=O) groups is 2. The fraction of sp³-hybridized carbons (Fsp3) is 0.0435. The lowest BCUT2D eigenvalue weighted by Gasteiger charge is -2.05. The Morgan fingerprint density at radius 3 is 2.54 bits per heavy atom. The van der Waals surface area contributed by atoms with Gasteiger partial charge in [-0.05, 0) is 48.0 Å². The van der Waals surface area contributed by atoms with E-state index in [9.17, 15) is 9.59 Å². The second-order valence-electron chi connectivity index (χ2n) is 6.13. The number of carbonyl (C=O) groups excluding carboxylic acids is 2. The Labute approximate surface area is 161 Å². The van der Waals surface area contributed by atoms with Crippen LogP contribution in [-0.4, -0.2) is 18.9 Å². The summed E-state index contributed by atoms with van der Waals surface area (Å²) in [5.41, 5.74) is 1.65. The molecule has 1 heterocycles. The molecule has 5 heteroatoms. The summed E-state index contributed by atoms with van der Waals surface area (Å²) in [6.07, 6.45) is 1.65. The van der Waals surface area contributed by atoms with E-state index in [2.05, 4.69) is 0 Å². The molecule has 0 atom stereocenters. The summed E-state index contributed by atoms with van der Waals surface area (Å²) in [7, 11) is 1.58. The zero-order valence-electron chi connectivity index (χ0n) is 15.0. The Kier molecular flexibility index (Phi) is 4.64. The van der Waals surface area contributed by atoms with E-state index in [0.29, 0.717) is 28.4 Å². The second-order valence-corrected chi connectivity index (χ2v) is 6.13. The van der Waals surface area contributed by atoms with Crippen molar-refractivity contribution < 1.29 is 23.8 Å². The number of Topliss-reactive ketones (excluding diaryl/α,β-unsaturated/α-hetero) is 1. The summed E-state index contributed by atoms with van der Waals surface area (Å²) in [5.74, 6) is 0.860. The monoisotopic (exact) mass is 372 g/mol. The van der Waals surface area contributed by atoms with Crippen LogP contribution in [0, 0.1) is 0 Å². The predicted molar refractivity (Wildman–Crippen MR) is 104 cm³/mol. The van der Waals surface area contributed by atoms with Crippen molar-refractivity contribution >= 4 is 17.8 Å². The van der Waals surface area contributed by atoms with Gasteiger partial charge in [-0.3, -0.25) is 4.79 Å². The predicted octanol–water partition coefficient (Wildman–Crippen LogP) is 4.53. The first-order valence-corrected chi connectivity index (χ1v) is 8.63. The highest BCUT2D eigenvalue weighted by atomic mass is 16.5. The highest BCUT2D eigenvalue weighted by molar-refractivity contribution is 6.14. The molecule has 5 nitrogen and oxygen atoms in total. The molecule has 0 aliphatic carbocycles. The smallest absolute Gasteiger partial charge is 0.343 e. The van der Waals surface area contributed by atoms with Crippen molar-refractivity contribution in [3.63, 3.8) is 0 Å². The van der Waals surface area contributed by atoms with E-state index in [0.717, 1.165) is 5.56 Å². The van der Waals surface area contributed by atoms with Crippen LogP contribution in [0.3, 0.4) is 0 Å². The number of esters is 1. The molecule has 138 valence electrons. The van der Waals surface area contributed by atoms with E-state index in [4.69, 9.17) is 14.2 Å². The number of rotatable bonds is 4. The Hall–Kier alpha value is -3.86. The normalized spacial score (nSPS) is 13.8. The number of ether oxygens (including phenoxy) is 3. The number of hydrogen-bond donors (Lipinski definition) is 0. The summed E-state index contributed by atoms with van der Waals surface area (Å²) in [6, 6.07) is 20.7. The Morgan fingerprint density at radius 2 is 1.75 bits per heavy atom. The summed E-state index contributed by atoms with van der Waals surface area (Å²) in [4.78, 5) is 24.8. The van der Waals surface area contributed by atoms with Gasteiger partial charge in [0.05, 0.1) is 18.2 Å². The first kappa shape index (κ1) is 17.5. The largest absolute Gasteiger partial charge is 0.497 e. The van der Waals surface area contributed by atoms with Crippen LogP contribution in [0.15, 0.2) is 78.6 Å². The maximum absolute atomic E-state index is 12.6. The summed E-state index contributed by atoms with van der Waals surface area (Å²) < 4.78 is 16.3. The zero-order chi connectivity index (χ0) is 19.5. The third-order valence-electron chi connectivity index (χ3n) is 4.25. The van der Waals surface area contributed by atoms with Crippen LogP contribution in [0.1, 0.15) is 26.3 Å². The standard InChI is InChI=1S/C23H16O5/c1-26-17-9-5-6-15(12-17)13-21-22(24)19-11-10-18(14-20(19)28-21)27-23(25)16-7-3-2-4-8-16/h2-14H,1H3. The first-order valence-electron chi connectivity index (χ1n) is 8.63. The molecule has 0 amide bonds. The van der Waals surface area contributed by atoms with Gasteiger partial charge in [-0.25, -0.2) is 4.79 Å². The summed E-state index contributed by atoms with van der Waals surface area (Å²) in [6.45, 7) is 0. The van der Waals surface area contributed by atoms with Crippen LogP contribution in [0.25, 0.3) is 6.08 Å². The van der Waals surface area contributed by atoms with Crippen molar-refractivity contribution in [1.29, 1.82) is 0 Å². The maximum Gasteiger partial charge on any atom is 0.343 e. The van der Waals surface area contributed by atoms with Gasteiger partial charge in [-0.2, -0.15) is 0 Å². The fourth-order valence-corrected chi connectivity index (χ4v) is 2.85. The van der Waals surface area contributed by atoms with Gasteiger partial charge in [-0.15, -0.1) is 0 Å². The van der Waals surface area contributed by atoms with Crippen molar-refractivity contribution in [3.8, 4) is 17.2 Å². The molecule has 0 saturated carbocycles. The highest BCUT2D eigenvalue weighted by Crippen LogP contribution is 2.35. The van der Waals surface area contributed by atoms with Gasteiger partial charge in [0, 0.05) is 6.07 Å². The average molecular weight is 372 g/mol. The van der Waals surface area contributed by atoms with Crippen molar-refractivity contribution in [2.45, 2.75) is 0 Å².